The van der Waals surface area contributed by atoms with E-state index in [1.807, 2.05) is 11.3 Å². The minimum Gasteiger partial charge on any atom is -0.309 e. The summed E-state index contributed by atoms with van der Waals surface area (Å²) in [5.41, 5.74) is 2.64. The molecule has 1 atom stereocenters. The van der Waals surface area contributed by atoms with Crippen molar-refractivity contribution < 1.29 is 0 Å². The van der Waals surface area contributed by atoms with E-state index >= 15 is 0 Å². The van der Waals surface area contributed by atoms with Crippen LogP contribution in [0.5, 0.6) is 0 Å². The van der Waals surface area contributed by atoms with Gasteiger partial charge in [-0.1, -0.05) is 43.7 Å². The molecule has 1 heterocycles. The summed E-state index contributed by atoms with van der Waals surface area (Å²) in [5.74, 6) is 0. The Balaban J connectivity index is 2.15. The predicted octanol–water partition coefficient (Wildman–Crippen LogP) is 5.17. The summed E-state index contributed by atoms with van der Waals surface area (Å²) in [6.45, 7) is 7.69. The van der Waals surface area contributed by atoms with Gasteiger partial charge in [0.2, 0.25) is 0 Å². The summed E-state index contributed by atoms with van der Waals surface area (Å²) < 4.78 is 0. The van der Waals surface area contributed by atoms with Crippen molar-refractivity contribution in [3.05, 3.63) is 46.8 Å². The predicted molar refractivity (Wildman–Crippen MR) is 85.8 cm³/mol. The third-order valence-electron chi connectivity index (χ3n) is 3.36. The molecule has 0 saturated heterocycles. The lowest BCUT2D eigenvalue weighted by Gasteiger charge is -2.14. The first-order valence-corrected chi connectivity index (χ1v) is 7.96. The van der Waals surface area contributed by atoms with Gasteiger partial charge in [-0.25, -0.2) is 0 Å². The smallest absolute Gasteiger partial charge is 0.0412 e. The number of nitrogens with one attached hydrogen (secondary N) is 1. The van der Waals surface area contributed by atoms with Crippen LogP contribution in [0, 0.1) is 6.92 Å². The summed E-state index contributed by atoms with van der Waals surface area (Å²) in [5, 5.41) is 3.62. The van der Waals surface area contributed by atoms with Crippen molar-refractivity contribution >= 4 is 11.3 Å². The topological polar surface area (TPSA) is 12.0 Å². The van der Waals surface area contributed by atoms with Crippen LogP contribution in [0.2, 0.25) is 0 Å². The minimum absolute atomic E-state index is 0.504. The molecule has 1 aromatic carbocycles. The maximum Gasteiger partial charge on any atom is 0.0412 e. The fraction of sp³-hybridized carbons (Fsp3) is 0.412. The molecule has 0 aliphatic rings. The summed E-state index contributed by atoms with van der Waals surface area (Å²) in [6.07, 6.45) is 2.33. The second-order valence-corrected chi connectivity index (χ2v) is 6.10. The van der Waals surface area contributed by atoms with E-state index in [1.54, 1.807) is 0 Å². The first-order valence-electron chi connectivity index (χ1n) is 7.14. The van der Waals surface area contributed by atoms with Gasteiger partial charge in [0, 0.05) is 15.8 Å². The highest BCUT2D eigenvalue weighted by Gasteiger charge is 2.11. The fourth-order valence-electron chi connectivity index (χ4n) is 2.18. The van der Waals surface area contributed by atoms with Gasteiger partial charge >= 0.3 is 0 Å². The van der Waals surface area contributed by atoms with Crippen molar-refractivity contribution in [3.63, 3.8) is 0 Å². The van der Waals surface area contributed by atoms with Crippen LogP contribution in [0.15, 0.2) is 36.4 Å². The quantitative estimate of drug-likeness (QED) is 0.765. The molecule has 2 heteroatoms. The molecule has 2 rings (SSSR count). The molecule has 0 radical (unpaired) electrons. The van der Waals surface area contributed by atoms with E-state index in [9.17, 15) is 0 Å². The minimum atomic E-state index is 0.504. The number of benzene rings is 1. The Labute approximate surface area is 120 Å². The third-order valence-corrected chi connectivity index (χ3v) is 4.60. The molecule has 19 heavy (non-hydrogen) atoms. The normalized spacial score (nSPS) is 12.6. The zero-order valence-corrected chi connectivity index (χ0v) is 12.9. The Bertz CT molecular complexity index is 498. The molecule has 1 aromatic heterocycles. The van der Waals surface area contributed by atoms with Gasteiger partial charge in [-0.3, -0.25) is 0 Å². The molecule has 1 unspecified atom stereocenters. The highest BCUT2D eigenvalue weighted by Crippen LogP contribution is 2.32. The lowest BCUT2D eigenvalue weighted by molar-refractivity contribution is 0.525. The van der Waals surface area contributed by atoms with Crippen molar-refractivity contribution in [2.45, 2.75) is 39.7 Å². The van der Waals surface area contributed by atoms with E-state index in [0.717, 1.165) is 13.0 Å². The highest BCUT2D eigenvalue weighted by atomic mass is 32.1. The average Bonchev–Trinajstić information content (AvgIpc) is 2.90. The van der Waals surface area contributed by atoms with Crippen molar-refractivity contribution in [2.75, 3.05) is 6.54 Å². The first-order chi connectivity index (χ1) is 9.24. The summed E-state index contributed by atoms with van der Waals surface area (Å²) >= 11 is 1.91. The van der Waals surface area contributed by atoms with Crippen LogP contribution in [-0.2, 0) is 0 Å². The molecular weight excluding hydrogens is 250 g/mol. The second-order valence-electron chi connectivity index (χ2n) is 4.98. The molecule has 2 aromatic rings. The molecule has 0 saturated carbocycles. The zero-order valence-electron chi connectivity index (χ0n) is 12.1. The fourth-order valence-corrected chi connectivity index (χ4v) is 3.35. The van der Waals surface area contributed by atoms with Gasteiger partial charge in [0.05, 0.1) is 0 Å². The van der Waals surface area contributed by atoms with E-state index in [4.69, 9.17) is 0 Å². The van der Waals surface area contributed by atoms with Crippen LogP contribution < -0.4 is 5.32 Å². The van der Waals surface area contributed by atoms with E-state index < -0.39 is 0 Å². The molecule has 0 amide bonds. The molecule has 1 N–H and O–H groups in total. The van der Waals surface area contributed by atoms with Gasteiger partial charge in [-0.15, -0.1) is 11.3 Å². The second kappa shape index (κ2) is 6.88. The lowest BCUT2D eigenvalue weighted by Crippen LogP contribution is -2.20. The van der Waals surface area contributed by atoms with Crippen LogP contribution in [0.3, 0.4) is 0 Å². The van der Waals surface area contributed by atoms with Gasteiger partial charge in [-0.2, -0.15) is 0 Å². The van der Waals surface area contributed by atoms with E-state index in [-0.39, 0.29) is 0 Å². The van der Waals surface area contributed by atoms with Gasteiger partial charge < -0.3 is 5.32 Å². The molecule has 0 bridgehead atoms. The van der Waals surface area contributed by atoms with Crippen LogP contribution in [-0.4, -0.2) is 6.54 Å². The van der Waals surface area contributed by atoms with Gasteiger partial charge in [0.25, 0.3) is 0 Å². The lowest BCUT2D eigenvalue weighted by atomic mass is 10.1. The van der Waals surface area contributed by atoms with Gasteiger partial charge in [0.1, 0.15) is 0 Å². The van der Waals surface area contributed by atoms with Crippen LogP contribution in [0.1, 0.15) is 43.2 Å². The first kappa shape index (κ1) is 14.3. The average molecular weight is 273 g/mol. The number of hydrogen-bond acceptors (Lipinski definition) is 2. The van der Waals surface area contributed by atoms with Crippen LogP contribution in [0.4, 0.5) is 0 Å². The Morgan fingerprint density at radius 3 is 2.42 bits per heavy atom. The van der Waals surface area contributed by atoms with Gasteiger partial charge in [0.15, 0.2) is 0 Å². The van der Waals surface area contributed by atoms with Crippen molar-refractivity contribution in [2.24, 2.45) is 0 Å². The number of rotatable bonds is 6. The Morgan fingerprint density at radius 1 is 1.05 bits per heavy atom. The van der Waals surface area contributed by atoms with E-state index in [1.165, 1.54) is 27.3 Å². The van der Waals surface area contributed by atoms with Crippen molar-refractivity contribution in [1.29, 1.82) is 0 Å². The molecule has 102 valence electrons. The number of aryl methyl sites for hydroxylation is 1. The molecule has 0 aliphatic heterocycles. The van der Waals surface area contributed by atoms with Crippen LogP contribution >= 0.6 is 11.3 Å². The molecule has 0 spiro atoms. The van der Waals surface area contributed by atoms with E-state index in [2.05, 4.69) is 62.5 Å². The summed E-state index contributed by atoms with van der Waals surface area (Å²) in [4.78, 5) is 2.82. The van der Waals surface area contributed by atoms with Crippen molar-refractivity contribution in [3.8, 4) is 10.4 Å². The Hall–Kier alpha value is -1.12. The SMILES string of the molecule is CCCNC(CC)c1ccc(-c2ccc(C)cc2)s1. The summed E-state index contributed by atoms with van der Waals surface area (Å²) in [7, 11) is 0. The monoisotopic (exact) mass is 273 g/mol. The van der Waals surface area contributed by atoms with Crippen LogP contribution in [0.25, 0.3) is 10.4 Å². The molecular formula is C17H23NS. The Morgan fingerprint density at radius 2 is 1.79 bits per heavy atom. The van der Waals surface area contributed by atoms with Gasteiger partial charge in [-0.05, 0) is 44.0 Å². The Kier molecular flexibility index (Phi) is 5.17. The highest BCUT2D eigenvalue weighted by molar-refractivity contribution is 7.15. The third kappa shape index (κ3) is 3.68. The standard InChI is InChI=1S/C17H23NS/c1-4-12-18-15(5-2)17-11-10-16(19-17)14-8-6-13(3)7-9-14/h6-11,15,18H,4-5,12H2,1-3H3. The molecule has 0 fully saturated rings. The number of hydrogen-bond donors (Lipinski definition) is 1. The maximum atomic E-state index is 3.62. The molecule has 0 aliphatic carbocycles. The van der Waals surface area contributed by atoms with Crippen molar-refractivity contribution in [1.82, 2.24) is 5.32 Å². The number of thiophene rings is 1. The van der Waals surface area contributed by atoms with E-state index in [0.29, 0.717) is 6.04 Å². The summed E-state index contributed by atoms with van der Waals surface area (Å²) in [6, 6.07) is 13.8. The maximum absolute atomic E-state index is 3.62. The largest absolute Gasteiger partial charge is 0.309 e. The molecule has 1 nitrogen and oxygen atoms in total. The zero-order chi connectivity index (χ0) is 13.7.